The summed E-state index contributed by atoms with van der Waals surface area (Å²) < 4.78 is 0.860. The zero-order chi connectivity index (χ0) is 14.6. The van der Waals surface area contributed by atoms with Gasteiger partial charge in [-0.3, -0.25) is 9.59 Å². The fourth-order valence-electron chi connectivity index (χ4n) is 1.76. The van der Waals surface area contributed by atoms with Gasteiger partial charge in [-0.15, -0.1) is 0 Å². The molecule has 0 aliphatic heterocycles. The third-order valence-electron chi connectivity index (χ3n) is 3.12. The Balaban J connectivity index is 2.75. The Morgan fingerprint density at radius 1 is 1.37 bits per heavy atom. The van der Waals surface area contributed by atoms with Gasteiger partial charge in [0, 0.05) is 16.6 Å². The molecule has 0 heterocycles. The maximum absolute atomic E-state index is 12.0. The second-order valence-electron chi connectivity index (χ2n) is 4.81. The number of carbonyl (C=O) groups excluding carboxylic acids is 1. The molecule has 0 bridgehead atoms. The molecule has 1 aromatic rings. The van der Waals surface area contributed by atoms with Crippen LogP contribution in [-0.2, 0) is 4.79 Å². The standard InChI is InChI=1S/C14H18BrNO3/c1-8(2)11(14(18)19)7-16-13(17)10-5-4-6-12(15)9(10)3/h4-6,8,11H,7H2,1-3H3,(H,16,17)(H,18,19). The van der Waals surface area contributed by atoms with E-state index in [9.17, 15) is 9.59 Å². The molecule has 0 aliphatic rings. The summed E-state index contributed by atoms with van der Waals surface area (Å²) in [6, 6.07) is 5.37. The van der Waals surface area contributed by atoms with Crippen molar-refractivity contribution < 1.29 is 14.7 Å². The van der Waals surface area contributed by atoms with Gasteiger partial charge in [0.1, 0.15) is 0 Å². The summed E-state index contributed by atoms with van der Waals surface area (Å²) >= 11 is 3.37. The highest BCUT2D eigenvalue weighted by Crippen LogP contribution is 2.19. The molecule has 2 N–H and O–H groups in total. The number of carbonyl (C=O) groups is 2. The third-order valence-corrected chi connectivity index (χ3v) is 3.98. The lowest BCUT2D eigenvalue weighted by Gasteiger charge is -2.17. The van der Waals surface area contributed by atoms with Crippen molar-refractivity contribution in [1.29, 1.82) is 0 Å². The van der Waals surface area contributed by atoms with E-state index in [-0.39, 0.29) is 18.4 Å². The molecular weight excluding hydrogens is 310 g/mol. The van der Waals surface area contributed by atoms with Crippen LogP contribution in [-0.4, -0.2) is 23.5 Å². The third kappa shape index (κ3) is 4.06. The molecule has 1 atom stereocenters. The average molecular weight is 328 g/mol. The number of halogens is 1. The minimum Gasteiger partial charge on any atom is -0.481 e. The molecule has 0 saturated heterocycles. The fourth-order valence-corrected chi connectivity index (χ4v) is 2.13. The van der Waals surface area contributed by atoms with Crippen LogP contribution in [0, 0.1) is 18.8 Å². The molecule has 1 aromatic carbocycles. The Bertz CT molecular complexity index is 486. The molecule has 0 radical (unpaired) electrons. The van der Waals surface area contributed by atoms with Gasteiger partial charge in [-0.2, -0.15) is 0 Å². The van der Waals surface area contributed by atoms with Crippen LogP contribution in [0.15, 0.2) is 22.7 Å². The molecule has 1 unspecified atom stereocenters. The van der Waals surface area contributed by atoms with Crippen molar-refractivity contribution in [2.45, 2.75) is 20.8 Å². The van der Waals surface area contributed by atoms with Crippen LogP contribution in [0.25, 0.3) is 0 Å². The highest BCUT2D eigenvalue weighted by molar-refractivity contribution is 9.10. The van der Waals surface area contributed by atoms with Crippen molar-refractivity contribution in [2.75, 3.05) is 6.54 Å². The molecule has 0 saturated carbocycles. The topological polar surface area (TPSA) is 66.4 Å². The average Bonchev–Trinajstić information content (AvgIpc) is 2.31. The molecule has 4 nitrogen and oxygen atoms in total. The Labute approximate surface area is 121 Å². The van der Waals surface area contributed by atoms with Gasteiger partial charge in [-0.1, -0.05) is 35.8 Å². The molecule has 0 spiro atoms. The van der Waals surface area contributed by atoms with E-state index in [4.69, 9.17) is 5.11 Å². The lowest BCUT2D eigenvalue weighted by Crippen LogP contribution is -2.35. The van der Waals surface area contributed by atoms with E-state index in [1.165, 1.54) is 0 Å². The van der Waals surface area contributed by atoms with Crippen LogP contribution in [0.3, 0.4) is 0 Å². The first-order valence-corrected chi connectivity index (χ1v) is 6.90. The van der Waals surface area contributed by atoms with Gasteiger partial charge in [0.2, 0.25) is 0 Å². The summed E-state index contributed by atoms with van der Waals surface area (Å²) in [5.74, 6) is -1.73. The van der Waals surface area contributed by atoms with Gasteiger partial charge >= 0.3 is 5.97 Å². The second kappa shape index (κ2) is 6.70. The molecule has 1 amide bonds. The number of amides is 1. The zero-order valence-corrected chi connectivity index (χ0v) is 12.8. The van der Waals surface area contributed by atoms with Gasteiger partial charge in [-0.25, -0.2) is 0 Å². The second-order valence-corrected chi connectivity index (χ2v) is 5.67. The van der Waals surface area contributed by atoms with E-state index < -0.39 is 11.9 Å². The van der Waals surface area contributed by atoms with Crippen molar-refractivity contribution in [3.63, 3.8) is 0 Å². The van der Waals surface area contributed by atoms with E-state index in [0.717, 1.165) is 10.0 Å². The number of benzene rings is 1. The SMILES string of the molecule is Cc1c(Br)cccc1C(=O)NCC(C(=O)O)C(C)C. The molecule has 0 aliphatic carbocycles. The summed E-state index contributed by atoms with van der Waals surface area (Å²) in [6.45, 7) is 5.64. The Hall–Kier alpha value is -1.36. The number of carboxylic acid groups (broad SMARTS) is 1. The molecule has 1 rings (SSSR count). The van der Waals surface area contributed by atoms with Crippen molar-refractivity contribution in [2.24, 2.45) is 11.8 Å². The maximum atomic E-state index is 12.0. The predicted octanol–water partition coefficient (Wildman–Crippen LogP) is 2.84. The Morgan fingerprint density at radius 3 is 2.53 bits per heavy atom. The lowest BCUT2D eigenvalue weighted by atomic mass is 9.96. The number of aliphatic carboxylic acids is 1. The van der Waals surface area contributed by atoms with Crippen molar-refractivity contribution in [3.8, 4) is 0 Å². The fraction of sp³-hybridized carbons (Fsp3) is 0.429. The van der Waals surface area contributed by atoms with Crippen molar-refractivity contribution in [1.82, 2.24) is 5.32 Å². The largest absolute Gasteiger partial charge is 0.481 e. The monoisotopic (exact) mass is 327 g/mol. The number of hydrogen-bond acceptors (Lipinski definition) is 2. The molecule has 5 heteroatoms. The molecule has 19 heavy (non-hydrogen) atoms. The van der Waals surface area contributed by atoms with Gasteiger partial charge in [0.15, 0.2) is 0 Å². The van der Waals surface area contributed by atoms with E-state index in [2.05, 4.69) is 21.2 Å². The van der Waals surface area contributed by atoms with Gasteiger partial charge in [-0.05, 0) is 30.5 Å². The lowest BCUT2D eigenvalue weighted by molar-refractivity contribution is -0.142. The van der Waals surface area contributed by atoms with Gasteiger partial charge in [0.05, 0.1) is 5.92 Å². The minimum atomic E-state index is -0.888. The van der Waals surface area contributed by atoms with Gasteiger partial charge < -0.3 is 10.4 Å². The summed E-state index contributed by atoms with van der Waals surface area (Å²) in [7, 11) is 0. The zero-order valence-electron chi connectivity index (χ0n) is 11.2. The smallest absolute Gasteiger partial charge is 0.308 e. The summed E-state index contributed by atoms with van der Waals surface area (Å²) in [6.07, 6.45) is 0. The van der Waals surface area contributed by atoms with Crippen LogP contribution in [0.5, 0.6) is 0 Å². The summed E-state index contributed by atoms with van der Waals surface area (Å²) in [4.78, 5) is 23.1. The van der Waals surface area contributed by atoms with Crippen molar-refractivity contribution >= 4 is 27.8 Å². The van der Waals surface area contributed by atoms with Crippen LogP contribution in [0.4, 0.5) is 0 Å². The molecule has 104 valence electrons. The number of hydrogen-bond donors (Lipinski definition) is 2. The first-order chi connectivity index (χ1) is 8.84. The first kappa shape index (κ1) is 15.7. The minimum absolute atomic E-state index is 0.0265. The van der Waals surface area contributed by atoms with E-state index in [0.29, 0.717) is 5.56 Å². The van der Waals surface area contributed by atoms with Crippen LogP contribution >= 0.6 is 15.9 Å². The van der Waals surface area contributed by atoms with Crippen molar-refractivity contribution in [3.05, 3.63) is 33.8 Å². The highest BCUT2D eigenvalue weighted by Gasteiger charge is 2.22. The Morgan fingerprint density at radius 2 is 2.00 bits per heavy atom. The summed E-state index contributed by atoms with van der Waals surface area (Å²) in [5.41, 5.74) is 1.40. The quantitative estimate of drug-likeness (QED) is 0.873. The predicted molar refractivity (Wildman–Crippen MR) is 77.2 cm³/mol. The van der Waals surface area contributed by atoms with Crippen LogP contribution < -0.4 is 5.32 Å². The molecule has 0 fully saturated rings. The van der Waals surface area contributed by atoms with E-state index >= 15 is 0 Å². The normalized spacial score (nSPS) is 12.3. The number of rotatable bonds is 5. The van der Waals surface area contributed by atoms with E-state index in [1.54, 1.807) is 12.1 Å². The number of nitrogens with one attached hydrogen (secondary N) is 1. The summed E-state index contributed by atoms with van der Waals surface area (Å²) in [5, 5.41) is 11.8. The van der Waals surface area contributed by atoms with Gasteiger partial charge in [0.25, 0.3) is 5.91 Å². The Kier molecular flexibility index (Phi) is 5.54. The first-order valence-electron chi connectivity index (χ1n) is 6.10. The van der Waals surface area contributed by atoms with E-state index in [1.807, 2.05) is 26.8 Å². The maximum Gasteiger partial charge on any atom is 0.308 e. The van der Waals surface area contributed by atoms with Crippen LogP contribution in [0.1, 0.15) is 29.8 Å². The van der Waals surface area contributed by atoms with Crippen LogP contribution in [0.2, 0.25) is 0 Å². The molecular formula is C14H18BrNO3. The molecule has 0 aromatic heterocycles. The highest BCUT2D eigenvalue weighted by atomic mass is 79.9. The number of carboxylic acids is 1.